The third-order valence-electron chi connectivity index (χ3n) is 2.66. The van der Waals surface area contributed by atoms with Crippen molar-refractivity contribution >= 4 is 0 Å². The molecule has 1 rings (SSSR count). The average Bonchev–Trinajstić information content (AvgIpc) is 2.42. The molecule has 4 nitrogen and oxygen atoms in total. The number of benzene rings is 1. The van der Waals surface area contributed by atoms with Gasteiger partial charge in [0.25, 0.3) is 0 Å². The molecule has 1 aromatic rings. The number of aliphatic hydroxyl groups is 2. The minimum Gasteiger partial charge on any atom is -0.488 e. The predicted molar refractivity (Wildman–Crippen MR) is 71.7 cm³/mol. The number of hydrogen-bond acceptors (Lipinski definition) is 4. The van der Waals surface area contributed by atoms with Crippen LogP contribution >= 0.6 is 0 Å². The van der Waals surface area contributed by atoms with Crippen LogP contribution in [0.4, 0.5) is 4.39 Å². The maximum absolute atomic E-state index is 13.2. The SMILES string of the molecule is OCCCCCNCC(O)COc1ccccc1F. The Bertz CT molecular complexity index is 349. The van der Waals surface area contributed by atoms with E-state index in [2.05, 4.69) is 5.32 Å². The van der Waals surface area contributed by atoms with Gasteiger partial charge in [0.1, 0.15) is 12.7 Å². The largest absolute Gasteiger partial charge is 0.488 e. The zero-order valence-corrected chi connectivity index (χ0v) is 11.0. The molecule has 0 aliphatic rings. The van der Waals surface area contributed by atoms with Crippen LogP contribution in [0.25, 0.3) is 0 Å². The van der Waals surface area contributed by atoms with Gasteiger partial charge in [-0.05, 0) is 37.9 Å². The highest BCUT2D eigenvalue weighted by atomic mass is 19.1. The van der Waals surface area contributed by atoms with Gasteiger partial charge < -0.3 is 20.3 Å². The van der Waals surface area contributed by atoms with Gasteiger partial charge in [0.2, 0.25) is 0 Å². The fourth-order valence-corrected chi connectivity index (χ4v) is 1.61. The summed E-state index contributed by atoms with van der Waals surface area (Å²) in [5, 5.41) is 21.3. The van der Waals surface area contributed by atoms with Crippen LogP contribution < -0.4 is 10.1 Å². The Morgan fingerprint density at radius 3 is 2.74 bits per heavy atom. The molecule has 108 valence electrons. The first-order valence-corrected chi connectivity index (χ1v) is 6.61. The second kappa shape index (κ2) is 9.72. The van der Waals surface area contributed by atoms with Crippen LogP contribution in [-0.2, 0) is 0 Å². The molecule has 0 spiro atoms. The number of aliphatic hydroxyl groups excluding tert-OH is 2. The highest BCUT2D eigenvalue weighted by Gasteiger charge is 2.07. The van der Waals surface area contributed by atoms with Crippen LogP contribution in [0.5, 0.6) is 5.75 Å². The maximum atomic E-state index is 13.2. The first-order chi connectivity index (χ1) is 9.24. The van der Waals surface area contributed by atoms with Gasteiger partial charge in [0.15, 0.2) is 11.6 Å². The van der Waals surface area contributed by atoms with Crippen molar-refractivity contribution in [2.45, 2.75) is 25.4 Å². The zero-order valence-electron chi connectivity index (χ0n) is 11.0. The normalized spacial score (nSPS) is 12.4. The summed E-state index contributed by atoms with van der Waals surface area (Å²) in [5.41, 5.74) is 0. The summed E-state index contributed by atoms with van der Waals surface area (Å²) in [6, 6.07) is 6.13. The highest BCUT2D eigenvalue weighted by molar-refractivity contribution is 5.23. The summed E-state index contributed by atoms with van der Waals surface area (Å²) in [5.74, 6) is -0.267. The van der Waals surface area contributed by atoms with E-state index >= 15 is 0 Å². The van der Waals surface area contributed by atoms with E-state index in [9.17, 15) is 9.50 Å². The number of nitrogens with one attached hydrogen (secondary N) is 1. The molecule has 3 N–H and O–H groups in total. The molecule has 0 saturated heterocycles. The Labute approximate surface area is 113 Å². The molecular weight excluding hydrogens is 249 g/mol. The Kier molecular flexibility index (Phi) is 8.13. The Balaban J connectivity index is 2.08. The number of hydrogen-bond donors (Lipinski definition) is 3. The lowest BCUT2D eigenvalue weighted by Gasteiger charge is -2.13. The average molecular weight is 271 g/mol. The third kappa shape index (κ3) is 7.10. The summed E-state index contributed by atoms with van der Waals surface area (Å²) >= 11 is 0. The van der Waals surface area contributed by atoms with Gasteiger partial charge >= 0.3 is 0 Å². The van der Waals surface area contributed by atoms with Gasteiger partial charge in [0, 0.05) is 13.2 Å². The molecule has 0 radical (unpaired) electrons. The molecule has 0 fully saturated rings. The first kappa shape index (κ1) is 15.9. The van der Waals surface area contributed by atoms with Crippen molar-refractivity contribution in [1.82, 2.24) is 5.32 Å². The smallest absolute Gasteiger partial charge is 0.165 e. The van der Waals surface area contributed by atoms with Crippen LogP contribution in [0.3, 0.4) is 0 Å². The zero-order chi connectivity index (χ0) is 13.9. The van der Waals surface area contributed by atoms with Gasteiger partial charge in [0.05, 0.1) is 0 Å². The molecule has 0 heterocycles. The summed E-state index contributed by atoms with van der Waals surface area (Å²) in [4.78, 5) is 0. The van der Waals surface area contributed by atoms with E-state index in [-0.39, 0.29) is 19.0 Å². The minimum absolute atomic E-state index is 0.0601. The first-order valence-electron chi connectivity index (χ1n) is 6.61. The summed E-state index contributed by atoms with van der Waals surface area (Å²) < 4.78 is 18.4. The molecule has 0 aliphatic heterocycles. The van der Waals surface area contributed by atoms with Crippen molar-refractivity contribution in [3.8, 4) is 5.75 Å². The van der Waals surface area contributed by atoms with E-state index in [0.29, 0.717) is 6.54 Å². The molecule has 0 aromatic heterocycles. The van der Waals surface area contributed by atoms with E-state index in [4.69, 9.17) is 9.84 Å². The fourth-order valence-electron chi connectivity index (χ4n) is 1.61. The fraction of sp³-hybridized carbons (Fsp3) is 0.571. The van der Waals surface area contributed by atoms with Crippen molar-refractivity contribution in [3.05, 3.63) is 30.1 Å². The van der Waals surface area contributed by atoms with E-state index < -0.39 is 11.9 Å². The van der Waals surface area contributed by atoms with E-state index in [1.807, 2.05) is 0 Å². The maximum Gasteiger partial charge on any atom is 0.165 e. The monoisotopic (exact) mass is 271 g/mol. The molecule has 0 aliphatic carbocycles. The Morgan fingerprint density at radius 1 is 1.21 bits per heavy atom. The number of halogens is 1. The van der Waals surface area contributed by atoms with Gasteiger partial charge in [-0.3, -0.25) is 0 Å². The molecule has 1 atom stereocenters. The quantitative estimate of drug-likeness (QED) is 0.562. The second-order valence-electron chi connectivity index (χ2n) is 4.38. The number of para-hydroxylation sites is 1. The van der Waals surface area contributed by atoms with E-state index in [1.54, 1.807) is 12.1 Å². The molecule has 0 bridgehead atoms. The molecular formula is C14H22FNO3. The van der Waals surface area contributed by atoms with Crippen LogP contribution in [-0.4, -0.2) is 42.6 Å². The lowest BCUT2D eigenvalue weighted by molar-refractivity contribution is 0.104. The Hall–Kier alpha value is -1.17. The van der Waals surface area contributed by atoms with Gasteiger partial charge in [-0.1, -0.05) is 12.1 Å². The molecule has 5 heteroatoms. The standard InChI is InChI=1S/C14H22FNO3/c15-13-6-2-3-7-14(13)19-11-12(18)10-16-8-4-1-5-9-17/h2-3,6-7,12,16-18H,1,4-5,8-11H2. The molecule has 19 heavy (non-hydrogen) atoms. The Morgan fingerprint density at radius 2 is 2.00 bits per heavy atom. The minimum atomic E-state index is -0.669. The topological polar surface area (TPSA) is 61.7 Å². The second-order valence-corrected chi connectivity index (χ2v) is 4.38. The predicted octanol–water partition coefficient (Wildman–Crippen LogP) is 1.32. The van der Waals surface area contributed by atoms with Gasteiger partial charge in [-0.15, -0.1) is 0 Å². The summed E-state index contributed by atoms with van der Waals surface area (Å²) in [6.45, 7) is 1.48. The number of rotatable bonds is 10. The van der Waals surface area contributed by atoms with Crippen LogP contribution in [0.1, 0.15) is 19.3 Å². The van der Waals surface area contributed by atoms with Gasteiger partial charge in [-0.25, -0.2) is 4.39 Å². The molecule has 0 saturated carbocycles. The molecule has 1 aromatic carbocycles. The van der Waals surface area contributed by atoms with Crippen LogP contribution in [0.2, 0.25) is 0 Å². The van der Waals surface area contributed by atoms with Crippen molar-refractivity contribution in [1.29, 1.82) is 0 Å². The van der Waals surface area contributed by atoms with Crippen molar-refractivity contribution in [3.63, 3.8) is 0 Å². The van der Waals surface area contributed by atoms with Crippen molar-refractivity contribution in [2.75, 3.05) is 26.3 Å². The van der Waals surface area contributed by atoms with Crippen molar-refractivity contribution in [2.24, 2.45) is 0 Å². The molecule has 1 unspecified atom stereocenters. The van der Waals surface area contributed by atoms with Crippen molar-refractivity contribution < 1.29 is 19.3 Å². The summed E-state index contributed by atoms with van der Waals surface area (Å²) in [6.07, 6.45) is 2.06. The van der Waals surface area contributed by atoms with Crippen LogP contribution in [0.15, 0.2) is 24.3 Å². The lowest BCUT2D eigenvalue weighted by Crippen LogP contribution is -2.32. The van der Waals surface area contributed by atoms with E-state index in [1.165, 1.54) is 12.1 Å². The van der Waals surface area contributed by atoms with Crippen LogP contribution in [0, 0.1) is 5.82 Å². The van der Waals surface area contributed by atoms with E-state index in [0.717, 1.165) is 25.8 Å². The van der Waals surface area contributed by atoms with Gasteiger partial charge in [-0.2, -0.15) is 0 Å². The summed E-state index contributed by atoms with van der Waals surface area (Å²) in [7, 11) is 0. The molecule has 0 amide bonds. The number of unbranched alkanes of at least 4 members (excludes halogenated alkanes) is 2. The lowest BCUT2D eigenvalue weighted by atomic mass is 10.2. The third-order valence-corrected chi connectivity index (χ3v) is 2.66. The highest BCUT2D eigenvalue weighted by Crippen LogP contribution is 2.15. The number of ether oxygens (including phenoxy) is 1.